The number of hydrogen-bond donors (Lipinski definition) is 2. The summed E-state index contributed by atoms with van der Waals surface area (Å²) in [7, 11) is -4.50. The van der Waals surface area contributed by atoms with E-state index in [1.54, 1.807) is 18.2 Å². The Hall–Kier alpha value is -4.35. The Morgan fingerprint density at radius 2 is 1.44 bits per heavy atom. The van der Waals surface area contributed by atoms with E-state index in [0.717, 1.165) is 17.7 Å². The van der Waals surface area contributed by atoms with Gasteiger partial charge in [-0.3, -0.25) is 13.9 Å². The van der Waals surface area contributed by atoms with E-state index in [4.69, 9.17) is 11.6 Å². The summed E-state index contributed by atoms with van der Waals surface area (Å²) < 4.78 is 68.4. The number of nitrogens with one attached hydrogen (secondary N) is 2. The summed E-state index contributed by atoms with van der Waals surface area (Å²) in [6.45, 7) is -0.667. The summed E-state index contributed by atoms with van der Waals surface area (Å²) in [5, 5.41) is 4.64. The molecular formula is C29H23ClF3N3O4S. The van der Waals surface area contributed by atoms with E-state index < -0.39 is 50.8 Å². The molecule has 12 heteroatoms. The number of halogens is 4. The highest BCUT2D eigenvalue weighted by atomic mass is 35.5. The van der Waals surface area contributed by atoms with Gasteiger partial charge in [0.25, 0.3) is 15.9 Å². The first kappa shape index (κ1) is 29.6. The lowest BCUT2D eigenvalue weighted by Gasteiger charge is -2.25. The number of rotatable bonds is 9. The number of carbonyl (C=O) groups excluding carboxylic acids is 2. The predicted octanol–water partition coefficient (Wildman–Crippen LogP) is 6.12. The van der Waals surface area contributed by atoms with Crippen molar-refractivity contribution >= 4 is 44.8 Å². The Morgan fingerprint density at radius 3 is 2.10 bits per heavy atom. The minimum absolute atomic E-state index is 0.0900. The number of sulfonamides is 1. The molecule has 0 heterocycles. The first-order chi connectivity index (χ1) is 19.5. The molecule has 4 aromatic rings. The molecule has 0 aliphatic carbocycles. The first-order valence-corrected chi connectivity index (χ1v) is 13.9. The maximum Gasteiger partial charge on any atom is 0.417 e. The summed E-state index contributed by atoms with van der Waals surface area (Å²) in [5.74, 6) is -1.39. The number of amides is 2. The van der Waals surface area contributed by atoms with Gasteiger partial charge in [-0.1, -0.05) is 72.3 Å². The molecule has 0 aromatic heterocycles. The van der Waals surface area contributed by atoms with E-state index >= 15 is 0 Å². The van der Waals surface area contributed by atoms with Gasteiger partial charge in [0.1, 0.15) is 6.54 Å². The second-order valence-corrected chi connectivity index (χ2v) is 11.0. The quantitative estimate of drug-likeness (QED) is 0.242. The Balaban J connectivity index is 1.63. The van der Waals surface area contributed by atoms with Crippen molar-refractivity contribution in [1.82, 2.24) is 5.32 Å². The fraction of sp³-hybridized carbons (Fsp3) is 0.103. The van der Waals surface area contributed by atoms with Crippen LogP contribution in [0.1, 0.15) is 21.5 Å². The monoisotopic (exact) mass is 601 g/mol. The molecule has 0 radical (unpaired) electrons. The van der Waals surface area contributed by atoms with Crippen LogP contribution in [0.25, 0.3) is 0 Å². The van der Waals surface area contributed by atoms with Gasteiger partial charge in [0.15, 0.2) is 0 Å². The molecule has 2 amide bonds. The largest absolute Gasteiger partial charge is 0.417 e. The summed E-state index contributed by atoms with van der Waals surface area (Å²) >= 11 is 5.74. The number of anilines is 2. The molecule has 0 atom stereocenters. The lowest BCUT2D eigenvalue weighted by molar-refractivity contribution is -0.137. The Labute approximate surface area is 239 Å². The zero-order chi connectivity index (χ0) is 29.6. The molecule has 0 saturated carbocycles. The van der Waals surface area contributed by atoms with Crippen molar-refractivity contribution in [3.05, 3.63) is 125 Å². The average Bonchev–Trinajstić information content (AvgIpc) is 2.95. The smallest absolute Gasteiger partial charge is 0.348 e. The first-order valence-electron chi connectivity index (χ1n) is 12.1. The second kappa shape index (κ2) is 12.4. The molecule has 0 fully saturated rings. The normalized spacial score (nSPS) is 11.5. The van der Waals surface area contributed by atoms with Crippen LogP contribution in [-0.4, -0.2) is 26.8 Å². The molecule has 0 aliphatic rings. The van der Waals surface area contributed by atoms with Gasteiger partial charge in [-0.05, 0) is 48.0 Å². The van der Waals surface area contributed by atoms with Gasteiger partial charge in [0.05, 0.1) is 32.4 Å². The van der Waals surface area contributed by atoms with E-state index in [1.807, 2.05) is 30.3 Å². The molecule has 0 saturated heterocycles. The van der Waals surface area contributed by atoms with Gasteiger partial charge < -0.3 is 10.6 Å². The molecular weight excluding hydrogens is 579 g/mol. The highest BCUT2D eigenvalue weighted by Gasteiger charge is 2.35. The average molecular weight is 602 g/mol. The molecule has 0 unspecified atom stereocenters. The number of carbonyl (C=O) groups is 2. The molecule has 2 N–H and O–H groups in total. The highest BCUT2D eigenvalue weighted by molar-refractivity contribution is 7.92. The Bertz CT molecular complexity index is 1650. The summed E-state index contributed by atoms with van der Waals surface area (Å²) in [6.07, 6.45) is -4.87. The number of nitrogens with zero attached hydrogens (tertiary/aromatic N) is 1. The fourth-order valence-corrected chi connectivity index (χ4v) is 5.56. The number of hydrogen-bond acceptors (Lipinski definition) is 4. The third-order valence-corrected chi connectivity index (χ3v) is 8.02. The van der Waals surface area contributed by atoms with Gasteiger partial charge in [0.2, 0.25) is 5.91 Å². The molecule has 0 spiro atoms. The summed E-state index contributed by atoms with van der Waals surface area (Å²) in [4.78, 5) is 25.8. The van der Waals surface area contributed by atoms with Crippen molar-refractivity contribution in [2.75, 3.05) is 16.2 Å². The molecule has 212 valence electrons. The lowest BCUT2D eigenvalue weighted by atomic mass is 10.1. The van der Waals surface area contributed by atoms with Crippen LogP contribution in [-0.2, 0) is 27.5 Å². The van der Waals surface area contributed by atoms with Gasteiger partial charge in [-0.15, -0.1) is 0 Å². The van der Waals surface area contributed by atoms with Crippen LogP contribution in [0.15, 0.2) is 108 Å². The van der Waals surface area contributed by atoms with Crippen molar-refractivity contribution in [2.24, 2.45) is 0 Å². The Morgan fingerprint density at radius 1 is 0.829 bits per heavy atom. The van der Waals surface area contributed by atoms with Crippen LogP contribution in [0.3, 0.4) is 0 Å². The number of para-hydroxylation sites is 1. The molecule has 4 aromatic carbocycles. The maximum absolute atomic E-state index is 13.6. The van der Waals surface area contributed by atoms with Crippen molar-refractivity contribution in [2.45, 2.75) is 17.6 Å². The van der Waals surface area contributed by atoms with Gasteiger partial charge in [-0.25, -0.2) is 8.42 Å². The van der Waals surface area contributed by atoms with E-state index in [9.17, 15) is 31.2 Å². The van der Waals surface area contributed by atoms with Gasteiger partial charge in [-0.2, -0.15) is 13.2 Å². The zero-order valence-corrected chi connectivity index (χ0v) is 22.8. The standard InChI is InChI=1S/C29H23ClF3N3O4S/c30-25-16-15-21(17-24(25)29(31,32)33)36(41(39,40)22-11-5-2-6-12-22)19-27(37)35-26-14-8-7-13-23(26)28(38)34-18-20-9-3-1-4-10-20/h1-17H,18-19H2,(H,34,38)(H,35,37). The topological polar surface area (TPSA) is 95.6 Å². The highest BCUT2D eigenvalue weighted by Crippen LogP contribution is 2.38. The van der Waals surface area contributed by atoms with Gasteiger partial charge >= 0.3 is 6.18 Å². The fourth-order valence-electron chi connectivity index (χ4n) is 3.90. The molecule has 0 aliphatic heterocycles. The van der Waals surface area contributed by atoms with E-state index in [0.29, 0.717) is 10.4 Å². The number of benzene rings is 4. The van der Waals surface area contributed by atoms with Crippen molar-refractivity contribution in [1.29, 1.82) is 0 Å². The lowest BCUT2D eigenvalue weighted by Crippen LogP contribution is -2.38. The third-order valence-electron chi connectivity index (χ3n) is 5.90. The van der Waals surface area contributed by atoms with E-state index in [1.165, 1.54) is 36.4 Å². The van der Waals surface area contributed by atoms with E-state index in [-0.39, 0.29) is 22.7 Å². The molecule has 0 bridgehead atoms. The van der Waals surface area contributed by atoms with Crippen LogP contribution >= 0.6 is 11.6 Å². The Kier molecular flexibility index (Phi) is 8.99. The number of alkyl halides is 3. The van der Waals surface area contributed by atoms with Crippen LogP contribution in [0.2, 0.25) is 5.02 Å². The summed E-state index contributed by atoms with van der Waals surface area (Å²) in [5.41, 5.74) is -0.627. The predicted molar refractivity (Wildman–Crippen MR) is 150 cm³/mol. The minimum atomic E-state index is -4.87. The van der Waals surface area contributed by atoms with Crippen molar-refractivity contribution in [3.8, 4) is 0 Å². The molecule has 41 heavy (non-hydrogen) atoms. The SMILES string of the molecule is O=C(CN(c1ccc(Cl)c(C(F)(F)F)c1)S(=O)(=O)c1ccccc1)Nc1ccccc1C(=O)NCc1ccccc1. The minimum Gasteiger partial charge on any atom is -0.348 e. The van der Waals surface area contributed by atoms with Crippen LogP contribution < -0.4 is 14.9 Å². The van der Waals surface area contributed by atoms with Crippen LogP contribution in [0.5, 0.6) is 0 Å². The third kappa shape index (κ3) is 7.24. The van der Waals surface area contributed by atoms with Crippen LogP contribution in [0, 0.1) is 0 Å². The van der Waals surface area contributed by atoms with Crippen molar-refractivity contribution in [3.63, 3.8) is 0 Å². The van der Waals surface area contributed by atoms with E-state index in [2.05, 4.69) is 10.6 Å². The molecule has 7 nitrogen and oxygen atoms in total. The van der Waals surface area contributed by atoms with Gasteiger partial charge in [0, 0.05) is 6.54 Å². The zero-order valence-electron chi connectivity index (χ0n) is 21.2. The summed E-state index contributed by atoms with van der Waals surface area (Å²) in [6, 6.07) is 24.8. The van der Waals surface area contributed by atoms with Crippen molar-refractivity contribution < 1.29 is 31.2 Å². The second-order valence-electron chi connectivity index (χ2n) is 8.75. The van der Waals surface area contributed by atoms with Crippen LogP contribution in [0.4, 0.5) is 24.5 Å². The molecule has 4 rings (SSSR count). The maximum atomic E-state index is 13.6.